The molecule has 0 atom stereocenters. The summed E-state index contributed by atoms with van der Waals surface area (Å²) in [6, 6.07) is 13.1. The summed E-state index contributed by atoms with van der Waals surface area (Å²) in [6.07, 6.45) is 5.07. The second-order valence-corrected chi connectivity index (χ2v) is 10.0. The molecule has 1 amide bonds. The van der Waals surface area contributed by atoms with Crippen LogP contribution >= 0.6 is 0 Å². The van der Waals surface area contributed by atoms with Crippen LogP contribution in [0.5, 0.6) is 0 Å². The molecule has 0 unspecified atom stereocenters. The van der Waals surface area contributed by atoms with Gasteiger partial charge in [0.05, 0.1) is 6.54 Å². The number of carbonyl (C=O) groups excluding carboxylic acids is 1. The number of sulfonamides is 1. The number of nitrogens with one attached hydrogen (secondary N) is 2. The van der Waals surface area contributed by atoms with E-state index in [9.17, 15) is 13.2 Å². The standard InChI is InChI=1S/C22H29N5O3S/c28-22(25-18-6-2-1-3-7-18)17-26-14-10-19(11-15-26)24-21-9-8-20(16-23-21)31(29,30)27-12-4-5-13-27/h1-3,6-9,16,19H,4-5,10-15,17H2,(H,23,24)(H,25,28). The fourth-order valence-electron chi connectivity index (χ4n) is 4.07. The minimum Gasteiger partial charge on any atom is -0.367 e. The largest absolute Gasteiger partial charge is 0.367 e. The molecule has 2 aliphatic rings. The average molecular weight is 444 g/mol. The number of likely N-dealkylation sites (tertiary alicyclic amines) is 1. The number of hydrogen-bond donors (Lipinski definition) is 2. The van der Waals surface area contributed by atoms with Gasteiger partial charge in [0.25, 0.3) is 0 Å². The number of rotatable bonds is 7. The molecule has 166 valence electrons. The number of benzene rings is 1. The van der Waals surface area contributed by atoms with Crippen molar-refractivity contribution in [2.75, 3.05) is 43.4 Å². The van der Waals surface area contributed by atoms with E-state index in [1.54, 1.807) is 12.1 Å². The Morgan fingerprint density at radius 2 is 1.71 bits per heavy atom. The van der Waals surface area contributed by atoms with E-state index in [1.807, 2.05) is 30.3 Å². The summed E-state index contributed by atoms with van der Waals surface area (Å²) < 4.78 is 26.7. The van der Waals surface area contributed by atoms with Crippen LogP contribution in [0.15, 0.2) is 53.6 Å². The van der Waals surface area contributed by atoms with E-state index in [0.717, 1.165) is 44.5 Å². The first-order valence-electron chi connectivity index (χ1n) is 10.8. The molecule has 8 nitrogen and oxygen atoms in total. The van der Waals surface area contributed by atoms with Gasteiger partial charge in [0, 0.05) is 44.1 Å². The molecule has 2 fully saturated rings. The molecule has 0 bridgehead atoms. The lowest BCUT2D eigenvalue weighted by molar-refractivity contribution is -0.117. The van der Waals surface area contributed by atoms with E-state index in [0.29, 0.717) is 25.5 Å². The Morgan fingerprint density at radius 3 is 2.35 bits per heavy atom. The number of nitrogens with zero attached hydrogens (tertiary/aromatic N) is 3. The first-order chi connectivity index (χ1) is 15.0. The molecule has 0 aliphatic carbocycles. The van der Waals surface area contributed by atoms with E-state index < -0.39 is 10.0 Å². The molecule has 0 radical (unpaired) electrons. The summed E-state index contributed by atoms with van der Waals surface area (Å²) in [6.45, 7) is 3.19. The second kappa shape index (κ2) is 9.76. The number of piperidine rings is 1. The predicted molar refractivity (Wildman–Crippen MR) is 120 cm³/mol. The van der Waals surface area contributed by atoms with Crippen LogP contribution in [-0.2, 0) is 14.8 Å². The zero-order valence-corrected chi connectivity index (χ0v) is 18.4. The van der Waals surface area contributed by atoms with Crippen molar-refractivity contribution in [3.05, 3.63) is 48.7 Å². The minimum absolute atomic E-state index is 0.00548. The topological polar surface area (TPSA) is 94.6 Å². The molecule has 9 heteroatoms. The number of hydrogen-bond acceptors (Lipinski definition) is 6. The summed E-state index contributed by atoms with van der Waals surface area (Å²) in [5, 5.41) is 6.32. The summed E-state index contributed by atoms with van der Waals surface area (Å²) in [5.41, 5.74) is 0.810. The highest BCUT2D eigenvalue weighted by Gasteiger charge is 2.27. The minimum atomic E-state index is -3.43. The van der Waals surface area contributed by atoms with Crippen LogP contribution in [0.1, 0.15) is 25.7 Å². The van der Waals surface area contributed by atoms with Crippen molar-refractivity contribution >= 4 is 27.4 Å². The van der Waals surface area contributed by atoms with Gasteiger partial charge in [-0.15, -0.1) is 0 Å². The Labute approximate surface area is 183 Å². The van der Waals surface area contributed by atoms with Gasteiger partial charge in [0.1, 0.15) is 10.7 Å². The second-order valence-electron chi connectivity index (χ2n) is 8.10. The normalized spacial score (nSPS) is 18.7. The molecule has 2 aliphatic heterocycles. The van der Waals surface area contributed by atoms with Crippen LogP contribution in [0.25, 0.3) is 0 Å². The number of carbonyl (C=O) groups is 1. The Kier molecular flexibility index (Phi) is 6.84. The molecule has 2 aromatic rings. The van der Waals surface area contributed by atoms with Gasteiger partial charge in [0.15, 0.2) is 0 Å². The third-order valence-electron chi connectivity index (χ3n) is 5.80. The van der Waals surface area contributed by atoms with Gasteiger partial charge in [-0.25, -0.2) is 13.4 Å². The van der Waals surface area contributed by atoms with Gasteiger partial charge in [-0.3, -0.25) is 9.69 Å². The molecule has 0 spiro atoms. The highest BCUT2D eigenvalue weighted by atomic mass is 32.2. The molecule has 2 N–H and O–H groups in total. The van der Waals surface area contributed by atoms with E-state index >= 15 is 0 Å². The molecule has 3 heterocycles. The Bertz CT molecular complexity index is 968. The molecular formula is C22H29N5O3S. The van der Waals surface area contributed by atoms with Crippen molar-refractivity contribution in [3.8, 4) is 0 Å². The lowest BCUT2D eigenvalue weighted by Crippen LogP contribution is -2.42. The zero-order valence-electron chi connectivity index (χ0n) is 17.5. The highest BCUT2D eigenvalue weighted by molar-refractivity contribution is 7.89. The predicted octanol–water partition coefficient (Wildman–Crippen LogP) is 2.38. The molecule has 31 heavy (non-hydrogen) atoms. The number of anilines is 2. The number of amides is 1. The Hall–Kier alpha value is -2.49. The number of pyridine rings is 1. The molecular weight excluding hydrogens is 414 g/mol. The van der Waals surface area contributed by atoms with Crippen molar-refractivity contribution in [1.29, 1.82) is 0 Å². The Morgan fingerprint density at radius 1 is 1.00 bits per heavy atom. The third kappa shape index (κ3) is 5.61. The molecule has 0 saturated carbocycles. The maximum absolute atomic E-state index is 12.6. The first-order valence-corrected chi connectivity index (χ1v) is 12.2. The van der Waals surface area contributed by atoms with Gasteiger partial charge in [0.2, 0.25) is 15.9 Å². The van der Waals surface area contributed by atoms with Gasteiger partial charge in [-0.2, -0.15) is 4.31 Å². The zero-order chi connectivity index (χ0) is 21.7. The monoisotopic (exact) mass is 443 g/mol. The van der Waals surface area contributed by atoms with Gasteiger partial charge >= 0.3 is 0 Å². The van der Waals surface area contributed by atoms with Crippen LogP contribution in [0, 0.1) is 0 Å². The van der Waals surface area contributed by atoms with E-state index in [2.05, 4.69) is 20.5 Å². The smallest absolute Gasteiger partial charge is 0.244 e. The summed E-state index contributed by atoms with van der Waals surface area (Å²) >= 11 is 0. The molecule has 1 aromatic heterocycles. The van der Waals surface area contributed by atoms with Crippen molar-refractivity contribution in [1.82, 2.24) is 14.2 Å². The maximum Gasteiger partial charge on any atom is 0.244 e. The molecule has 1 aromatic carbocycles. The van der Waals surface area contributed by atoms with Gasteiger partial charge in [-0.1, -0.05) is 18.2 Å². The highest BCUT2D eigenvalue weighted by Crippen LogP contribution is 2.22. The average Bonchev–Trinajstić information content (AvgIpc) is 3.32. The van der Waals surface area contributed by atoms with E-state index in [-0.39, 0.29) is 16.8 Å². The van der Waals surface area contributed by atoms with Crippen LogP contribution in [0.3, 0.4) is 0 Å². The summed E-state index contributed by atoms with van der Waals surface area (Å²) in [5.74, 6) is 0.676. The van der Waals surface area contributed by atoms with Crippen molar-refractivity contribution < 1.29 is 13.2 Å². The molecule has 2 saturated heterocycles. The fourth-order valence-corrected chi connectivity index (χ4v) is 5.53. The van der Waals surface area contributed by atoms with Crippen LogP contribution < -0.4 is 10.6 Å². The van der Waals surface area contributed by atoms with Crippen LogP contribution in [-0.4, -0.2) is 67.3 Å². The maximum atomic E-state index is 12.6. The van der Waals surface area contributed by atoms with Crippen molar-refractivity contribution in [3.63, 3.8) is 0 Å². The van der Waals surface area contributed by atoms with Crippen molar-refractivity contribution in [2.45, 2.75) is 36.6 Å². The summed E-state index contributed by atoms with van der Waals surface area (Å²) in [7, 11) is -3.43. The summed E-state index contributed by atoms with van der Waals surface area (Å²) in [4.78, 5) is 19.0. The Balaban J connectivity index is 1.24. The van der Waals surface area contributed by atoms with E-state index in [1.165, 1.54) is 10.5 Å². The SMILES string of the molecule is O=C(CN1CCC(Nc2ccc(S(=O)(=O)N3CCCC3)cn2)CC1)Nc1ccccc1. The number of para-hydroxylation sites is 1. The van der Waals surface area contributed by atoms with Gasteiger partial charge < -0.3 is 10.6 Å². The van der Waals surface area contributed by atoms with Crippen LogP contribution in [0.2, 0.25) is 0 Å². The van der Waals surface area contributed by atoms with E-state index in [4.69, 9.17) is 0 Å². The van der Waals surface area contributed by atoms with Gasteiger partial charge in [-0.05, 0) is 49.9 Å². The van der Waals surface area contributed by atoms with Crippen LogP contribution in [0.4, 0.5) is 11.5 Å². The lowest BCUT2D eigenvalue weighted by atomic mass is 10.1. The number of aromatic nitrogens is 1. The lowest BCUT2D eigenvalue weighted by Gasteiger charge is -2.32. The first kappa shape index (κ1) is 21.7. The fraction of sp³-hybridized carbons (Fsp3) is 0.455. The molecule has 4 rings (SSSR count). The third-order valence-corrected chi connectivity index (χ3v) is 7.69. The quantitative estimate of drug-likeness (QED) is 0.682. The van der Waals surface area contributed by atoms with Crippen molar-refractivity contribution in [2.24, 2.45) is 0 Å².